The van der Waals surface area contributed by atoms with Crippen molar-refractivity contribution in [2.24, 2.45) is 0 Å². The number of ether oxygens (including phenoxy) is 2. The molecule has 1 unspecified atom stereocenters. The molecule has 3 nitrogen and oxygen atoms in total. The molecule has 0 bridgehead atoms. The van der Waals surface area contributed by atoms with Crippen LogP contribution in [0.25, 0.3) is 0 Å². The Balaban J connectivity index is 1.58. The van der Waals surface area contributed by atoms with Crippen molar-refractivity contribution in [3.63, 3.8) is 0 Å². The Morgan fingerprint density at radius 2 is 1.70 bits per heavy atom. The molecule has 0 saturated heterocycles. The third-order valence-electron chi connectivity index (χ3n) is 5.02. The normalized spacial score (nSPS) is 11.9. The van der Waals surface area contributed by atoms with Gasteiger partial charge in [-0.15, -0.1) is 0 Å². The zero-order valence-corrected chi connectivity index (χ0v) is 18.1. The first-order valence-electron chi connectivity index (χ1n) is 10.1. The number of benzene rings is 3. The summed E-state index contributed by atoms with van der Waals surface area (Å²) in [5.74, 6) is 0.768. The summed E-state index contributed by atoms with van der Waals surface area (Å²) in [7, 11) is 1.58. The number of hydrogen-bond acceptors (Lipinski definition) is 3. The van der Waals surface area contributed by atoms with Crippen LogP contribution in [0.1, 0.15) is 30.0 Å². The second-order valence-corrected chi connectivity index (χ2v) is 7.69. The third kappa shape index (κ3) is 6.22. The molecule has 0 spiro atoms. The van der Waals surface area contributed by atoms with Crippen LogP contribution in [0.2, 0.25) is 5.02 Å². The summed E-state index contributed by atoms with van der Waals surface area (Å²) < 4.78 is 25.1. The van der Waals surface area contributed by atoms with Crippen LogP contribution in [0, 0.1) is 5.82 Å². The van der Waals surface area contributed by atoms with E-state index in [0.717, 1.165) is 18.4 Å². The quantitative estimate of drug-likeness (QED) is 0.419. The van der Waals surface area contributed by atoms with Gasteiger partial charge in [-0.05, 0) is 43.0 Å². The van der Waals surface area contributed by atoms with Crippen molar-refractivity contribution in [3.05, 3.63) is 94.3 Å². The maximum atomic E-state index is 13.8. The molecule has 30 heavy (non-hydrogen) atoms. The highest BCUT2D eigenvalue weighted by atomic mass is 35.5. The van der Waals surface area contributed by atoms with E-state index >= 15 is 0 Å². The van der Waals surface area contributed by atoms with E-state index in [4.69, 9.17) is 21.1 Å². The van der Waals surface area contributed by atoms with Gasteiger partial charge in [-0.25, -0.2) is 4.39 Å². The average molecular weight is 428 g/mol. The van der Waals surface area contributed by atoms with Gasteiger partial charge in [0.2, 0.25) is 0 Å². The largest absolute Gasteiger partial charge is 0.493 e. The van der Waals surface area contributed by atoms with Gasteiger partial charge in [0.1, 0.15) is 12.4 Å². The van der Waals surface area contributed by atoms with Crippen molar-refractivity contribution in [1.82, 2.24) is 5.32 Å². The molecule has 5 heteroatoms. The fraction of sp³-hybridized carbons (Fsp3) is 0.280. The summed E-state index contributed by atoms with van der Waals surface area (Å²) in [5.41, 5.74) is 2.74. The molecule has 0 heterocycles. The second kappa shape index (κ2) is 11.0. The van der Waals surface area contributed by atoms with Gasteiger partial charge in [0, 0.05) is 29.2 Å². The van der Waals surface area contributed by atoms with Crippen LogP contribution in [0.3, 0.4) is 0 Å². The van der Waals surface area contributed by atoms with E-state index in [2.05, 4.69) is 36.5 Å². The average Bonchev–Trinajstić information content (AvgIpc) is 2.77. The molecule has 1 atom stereocenters. The van der Waals surface area contributed by atoms with Gasteiger partial charge in [-0.2, -0.15) is 0 Å². The van der Waals surface area contributed by atoms with Gasteiger partial charge in [0.05, 0.1) is 7.11 Å². The first-order valence-corrected chi connectivity index (χ1v) is 10.4. The van der Waals surface area contributed by atoms with E-state index < -0.39 is 0 Å². The molecule has 1 N–H and O–H groups in total. The number of rotatable bonds is 10. The summed E-state index contributed by atoms with van der Waals surface area (Å²) in [4.78, 5) is 0. The lowest BCUT2D eigenvalue weighted by atomic mass is 10.1. The predicted molar refractivity (Wildman–Crippen MR) is 120 cm³/mol. The van der Waals surface area contributed by atoms with E-state index in [0.29, 0.717) is 34.7 Å². The van der Waals surface area contributed by atoms with E-state index in [-0.39, 0.29) is 12.4 Å². The van der Waals surface area contributed by atoms with E-state index in [1.165, 1.54) is 11.6 Å². The Labute approximate surface area is 182 Å². The van der Waals surface area contributed by atoms with Gasteiger partial charge < -0.3 is 14.8 Å². The Kier molecular flexibility index (Phi) is 8.12. The lowest BCUT2D eigenvalue weighted by molar-refractivity contribution is 0.279. The topological polar surface area (TPSA) is 30.5 Å². The van der Waals surface area contributed by atoms with Crippen molar-refractivity contribution < 1.29 is 13.9 Å². The molecule has 0 radical (unpaired) electrons. The summed E-state index contributed by atoms with van der Waals surface area (Å²) in [6, 6.07) is 20.9. The molecular formula is C25H27ClFNO2. The molecule has 0 aromatic heterocycles. The van der Waals surface area contributed by atoms with Gasteiger partial charge in [0.15, 0.2) is 11.5 Å². The monoisotopic (exact) mass is 427 g/mol. The van der Waals surface area contributed by atoms with Gasteiger partial charge in [0.25, 0.3) is 0 Å². The second-order valence-electron chi connectivity index (χ2n) is 7.28. The number of methoxy groups -OCH3 is 1. The van der Waals surface area contributed by atoms with Crippen LogP contribution in [0.4, 0.5) is 4.39 Å². The highest BCUT2D eigenvalue weighted by Crippen LogP contribution is 2.34. The minimum Gasteiger partial charge on any atom is -0.493 e. The molecule has 0 saturated carbocycles. The van der Waals surface area contributed by atoms with Crippen molar-refractivity contribution in [2.75, 3.05) is 7.11 Å². The maximum absolute atomic E-state index is 13.8. The zero-order chi connectivity index (χ0) is 21.3. The van der Waals surface area contributed by atoms with Crippen LogP contribution >= 0.6 is 11.6 Å². The number of nitrogens with one attached hydrogen (secondary N) is 1. The molecule has 0 fully saturated rings. The van der Waals surface area contributed by atoms with E-state index in [1.807, 2.05) is 12.1 Å². The molecule has 3 aromatic rings. The first-order chi connectivity index (χ1) is 14.6. The molecular weight excluding hydrogens is 401 g/mol. The summed E-state index contributed by atoms with van der Waals surface area (Å²) >= 11 is 6.48. The summed E-state index contributed by atoms with van der Waals surface area (Å²) in [6.07, 6.45) is 2.05. The Hall–Kier alpha value is -2.56. The molecule has 0 aliphatic carbocycles. The van der Waals surface area contributed by atoms with Crippen molar-refractivity contribution in [1.29, 1.82) is 0 Å². The van der Waals surface area contributed by atoms with Crippen molar-refractivity contribution in [3.8, 4) is 11.5 Å². The third-order valence-corrected chi connectivity index (χ3v) is 5.38. The minimum absolute atomic E-state index is 0.105. The van der Waals surface area contributed by atoms with Crippen LogP contribution in [-0.4, -0.2) is 13.2 Å². The van der Waals surface area contributed by atoms with Crippen LogP contribution in [-0.2, 0) is 19.6 Å². The molecule has 0 aliphatic rings. The fourth-order valence-electron chi connectivity index (χ4n) is 3.17. The lowest BCUT2D eigenvalue weighted by Gasteiger charge is -2.17. The summed E-state index contributed by atoms with van der Waals surface area (Å²) in [5, 5.41) is 4.10. The SMILES string of the molecule is COc1cc(CNC(C)CCc2ccccc2)c(Cl)cc1OCc1ccccc1F. The Bertz CT molecular complexity index is 949. The van der Waals surface area contributed by atoms with Gasteiger partial charge in [-0.3, -0.25) is 0 Å². The van der Waals surface area contributed by atoms with Crippen molar-refractivity contribution in [2.45, 2.75) is 39.0 Å². The highest BCUT2D eigenvalue weighted by Gasteiger charge is 2.13. The van der Waals surface area contributed by atoms with Gasteiger partial charge >= 0.3 is 0 Å². The fourth-order valence-corrected chi connectivity index (χ4v) is 3.39. The van der Waals surface area contributed by atoms with Crippen LogP contribution in [0.15, 0.2) is 66.7 Å². The van der Waals surface area contributed by atoms with Gasteiger partial charge in [-0.1, -0.05) is 60.1 Å². The molecule has 0 amide bonds. The molecule has 158 valence electrons. The summed E-state index contributed by atoms with van der Waals surface area (Å²) in [6.45, 7) is 2.90. The van der Waals surface area contributed by atoms with Crippen LogP contribution < -0.4 is 14.8 Å². The van der Waals surface area contributed by atoms with E-state index in [9.17, 15) is 4.39 Å². The smallest absolute Gasteiger partial charge is 0.163 e. The Morgan fingerprint density at radius 1 is 0.967 bits per heavy atom. The molecule has 3 aromatic carbocycles. The van der Waals surface area contributed by atoms with Crippen LogP contribution in [0.5, 0.6) is 11.5 Å². The van der Waals surface area contributed by atoms with Crippen molar-refractivity contribution >= 4 is 11.6 Å². The number of aryl methyl sites for hydroxylation is 1. The maximum Gasteiger partial charge on any atom is 0.163 e. The zero-order valence-electron chi connectivity index (χ0n) is 17.3. The first kappa shape index (κ1) is 22.1. The number of halogens is 2. The highest BCUT2D eigenvalue weighted by molar-refractivity contribution is 6.31. The number of hydrogen-bond donors (Lipinski definition) is 1. The van der Waals surface area contributed by atoms with E-state index in [1.54, 1.807) is 31.4 Å². The molecule has 3 rings (SSSR count). The molecule has 0 aliphatic heterocycles. The standard InChI is InChI=1S/C25H27ClFNO2/c1-18(12-13-19-8-4-3-5-9-19)28-16-21-14-24(29-2)25(15-22(21)26)30-17-20-10-6-7-11-23(20)27/h3-11,14-15,18,28H,12-13,16-17H2,1-2H3. The Morgan fingerprint density at radius 3 is 2.43 bits per heavy atom. The minimum atomic E-state index is -0.298. The lowest BCUT2D eigenvalue weighted by Crippen LogP contribution is -2.26. The predicted octanol–water partition coefficient (Wildman–Crippen LogP) is 6.18.